The van der Waals surface area contributed by atoms with E-state index in [4.69, 9.17) is 0 Å². The summed E-state index contributed by atoms with van der Waals surface area (Å²) in [7, 11) is 0. The van der Waals surface area contributed by atoms with Crippen molar-refractivity contribution < 1.29 is 4.79 Å². The van der Waals surface area contributed by atoms with Gasteiger partial charge in [0.25, 0.3) is 0 Å². The van der Waals surface area contributed by atoms with Crippen LogP contribution in [0.2, 0.25) is 0 Å². The first-order valence-electron chi connectivity index (χ1n) is 8.16. The molecule has 0 radical (unpaired) electrons. The van der Waals surface area contributed by atoms with Gasteiger partial charge < -0.3 is 10.6 Å². The molecule has 0 unspecified atom stereocenters. The number of aromatic nitrogens is 4. The summed E-state index contributed by atoms with van der Waals surface area (Å²) in [6.07, 6.45) is 8.18. The van der Waals surface area contributed by atoms with E-state index in [1.807, 2.05) is 10.6 Å². The number of hydrogen-bond donors (Lipinski definition) is 2. The second-order valence-corrected chi connectivity index (χ2v) is 5.88. The summed E-state index contributed by atoms with van der Waals surface area (Å²) in [5.41, 5.74) is 0.744. The Kier molecular flexibility index (Phi) is 5.02. The predicted octanol–water partition coefficient (Wildman–Crippen LogP) is 0.527. The van der Waals surface area contributed by atoms with Crippen molar-refractivity contribution >= 4 is 17.4 Å². The molecular formula is C15H23N7O. The van der Waals surface area contributed by atoms with Crippen molar-refractivity contribution in [3.05, 3.63) is 18.7 Å². The molecule has 0 atom stereocenters. The largest absolute Gasteiger partial charge is 0.364 e. The summed E-state index contributed by atoms with van der Waals surface area (Å²) < 4.78 is 1.85. The van der Waals surface area contributed by atoms with Crippen LogP contribution in [0.4, 0.5) is 5.82 Å². The van der Waals surface area contributed by atoms with Crippen molar-refractivity contribution in [1.82, 2.24) is 29.8 Å². The molecule has 0 bridgehead atoms. The van der Waals surface area contributed by atoms with E-state index in [2.05, 4.69) is 37.6 Å². The van der Waals surface area contributed by atoms with Crippen molar-refractivity contribution in [3.63, 3.8) is 0 Å². The van der Waals surface area contributed by atoms with E-state index in [9.17, 15) is 4.79 Å². The molecule has 1 aliphatic rings. The third-order valence-corrected chi connectivity index (χ3v) is 4.08. The summed E-state index contributed by atoms with van der Waals surface area (Å²) in [5, 5.41) is 14.4. The van der Waals surface area contributed by atoms with Gasteiger partial charge in [-0.2, -0.15) is 0 Å². The number of nitrogens with one attached hydrogen (secondary N) is 2. The highest BCUT2D eigenvalue weighted by Crippen LogP contribution is 2.17. The quantitative estimate of drug-likeness (QED) is 0.808. The molecule has 0 spiro atoms. The molecule has 8 nitrogen and oxygen atoms in total. The molecule has 1 amide bonds. The van der Waals surface area contributed by atoms with Gasteiger partial charge in [0.15, 0.2) is 5.82 Å². The minimum Gasteiger partial charge on any atom is -0.364 e. The predicted molar refractivity (Wildman–Crippen MR) is 87.2 cm³/mol. The van der Waals surface area contributed by atoms with Gasteiger partial charge in [0.1, 0.15) is 6.33 Å². The van der Waals surface area contributed by atoms with E-state index in [1.54, 1.807) is 12.5 Å². The number of piperidine rings is 1. The fraction of sp³-hybridized carbons (Fsp3) is 0.600. The van der Waals surface area contributed by atoms with Crippen LogP contribution in [0.1, 0.15) is 26.2 Å². The molecule has 3 rings (SSSR count). The van der Waals surface area contributed by atoms with E-state index < -0.39 is 0 Å². The van der Waals surface area contributed by atoms with Gasteiger partial charge in [0.2, 0.25) is 11.6 Å². The van der Waals surface area contributed by atoms with Crippen LogP contribution < -0.4 is 10.6 Å². The molecular weight excluding hydrogens is 294 g/mol. The number of hydrogen-bond acceptors (Lipinski definition) is 6. The van der Waals surface area contributed by atoms with Crippen LogP contribution in [0.3, 0.4) is 0 Å². The van der Waals surface area contributed by atoms with Gasteiger partial charge in [-0.05, 0) is 19.3 Å². The monoisotopic (exact) mass is 317 g/mol. The molecule has 3 heterocycles. The standard InChI is InChI=1S/C15H23N7O/c1-2-5-16-13(23)10-21-7-3-12(4-8-21)19-14-15-20-18-11-22(15)9-6-17-14/h6,9,11-12H,2-5,7-8,10H2,1H3,(H,16,23)(H,17,19). The molecule has 124 valence electrons. The Hall–Kier alpha value is -2.22. The Morgan fingerprint density at radius 1 is 1.39 bits per heavy atom. The number of nitrogens with zero attached hydrogens (tertiary/aromatic N) is 5. The minimum atomic E-state index is 0.119. The lowest BCUT2D eigenvalue weighted by Crippen LogP contribution is -2.44. The zero-order chi connectivity index (χ0) is 16.1. The summed E-state index contributed by atoms with van der Waals surface area (Å²) in [5.74, 6) is 0.886. The first kappa shape index (κ1) is 15.7. The normalized spacial score (nSPS) is 16.6. The number of likely N-dealkylation sites (tertiary alicyclic amines) is 1. The highest BCUT2D eigenvalue weighted by Gasteiger charge is 2.21. The molecule has 0 aromatic carbocycles. The maximum absolute atomic E-state index is 11.8. The SMILES string of the molecule is CCCNC(=O)CN1CCC(Nc2nccn3cnnc23)CC1. The third kappa shape index (κ3) is 3.95. The summed E-state index contributed by atoms with van der Waals surface area (Å²) in [6.45, 7) is 5.12. The Morgan fingerprint density at radius 3 is 3.00 bits per heavy atom. The highest BCUT2D eigenvalue weighted by atomic mass is 16.2. The first-order chi connectivity index (χ1) is 11.3. The molecule has 1 aliphatic heterocycles. The zero-order valence-corrected chi connectivity index (χ0v) is 13.4. The van der Waals surface area contributed by atoms with Crippen molar-refractivity contribution in [2.75, 3.05) is 31.5 Å². The Morgan fingerprint density at radius 2 is 2.22 bits per heavy atom. The number of amides is 1. The van der Waals surface area contributed by atoms with Gasteiger partial charge in [0, 0.05) is 38.1 Å². The number of carbonyl (C=O) groups is 1. The van der Waals surface area contributed by atoms with Crippen molar-refractivity contribution in [2.45, 2.75) is 32.2 Å². The Labute approximate surface area is 135 Å². The van der Waals surface area contributed by atoms with Gasteiger partial charge in [-0.25, -0.2) is 4.98 Å². The fourth-order valence-corrected chi connectivity index (χ4v) is 2.81. The molecule has 2 N–H and O–H groups in total. The van der Waals surface area contributed by atoms with Crippen LogP contribution in [-0.4, -0.2) is 62.6 Å². The second kappa shape index (κ2) is 7.36. The van der Waals surface area contributed by atoms with Gasteiger partial charge in [-0.15, -0.1) is 10.2 Å². The molecule has 0 aliphatic carbocycles. The number of rotatable bonds is 6. The molecule has 1 saturated heterocycles. The van der Waals surface area contributed by atoms with Crippen LogP contribution in [0, 0.1) is 0 Å². The second-order valence-electron chi connectivity index (χ2n) is 5.88. The van der Waals surface area contributed by atoms with E-state index in [0.29, 0.717) is 12.6 Å². The van der Waals surface area contributed by atoms with Crippen molar-refractivity contribution in [1.29, 1.82) is 0 Å². The van der Waals surface area contributed by atoms with Gasteiger partial charge in [0.05, 0.1) is 6.54 Å². The number of carbonyl (C=O) groups excluding carboxylic acids is 1. The van der Waals surface area contributed by atoms with Gasteiger partial charge in [-0.3, -0.25) is 14.1 Å². The van der Waals surface area contributed by atoms with Crippen LogP contribution in [-0.2, 0) is 4.79 Å². The van der Waals surface area contributed by atoms with E-state index >= 15 is 0 Å². The smallest absolute Gasteiger partial charge is 0.234 e. The maximum Gasteiger partial charge on any atom is 0.234 e. The molecule has 2 aromatic rings. The van der Waals surface area contributed by atoms with E-state index in [1.165, 1.54) is 0 Å². The fourth-order valence-electron chi connectivity index (χ4n) is 2.81. The first-order valence-corrected chi connectivity index (χ1v) is 8.16. The average molecular weight is 317 g/mol. The van der Waals surface area contributed by atoms with Crippen LogP contribution in [0.15, 0.2) is 18.7 Å². The lowest BCUT2D eigenvalue weighted by molar-refractivity contribution is -0.122. The number of fused-ring (bicyclic) bond motifs is 1. The molecule has 0 saturated carbocycles. The van der Waals surface area contributed by atoms with E-state index in [-0.39, 0.29) is 5.91 Å². The number of anilines is 1. The summed E-state index contributed by atoms with van der Waals surface area (Å²) in [6, 6.07) is 0.348. The Bertz CT molecular complexity index is 648. The minimum absolute atomic E-state index is 0.119. The lowest BCUT2D eigenvalue weighted by Gasteiger charge is -2.32. The van der Waals surface area contributed by atoms with Gasteiger partial charge in [-0.1, -0.05) is 6.92 Å². The van der Waals surface area contributed by atoms with Crippen molar-refractivity contribution in [3.8, 4) is 0 Å². The molecule has 2 aromatic heterocycles. The maximum atomic E-state index is 11.8. The van der Waals surface area contributed by atoms with Crippen LogP contribution >= 0.6 is 0 Å². The molecule has 8 heteroatoms. The Balaban J connectivity index is 1.49. The highest BCUT2D eigenvalue weighted by molar-refractivity contribution is 5.78. The summed E-state index contributed by atoms with van der Waals surface area (Å²) >= 11 is 0. The van der Waals surface area contributed by atoms with Crippen LogP contribution in [0.5, 0.6) is 0 Å². The van der Waals surface area contributed by atoms with Gasteiger partial charge >= 0.3 is 0 Å². The zero-order valence-electron chi connectivity index (χ0n) is 13.4. The van der Waals surface area contributed by atoms with Crippen molar-refractivity contribution in [2.24, 2.45) is 0 Å². The third-order valence-electron chi connectivity index (χ3n) is 4.08. The summed E-state index contributed by atoms with van der Waals surface area (Å²) in [4.78, 5) is 18.3. The lowest BCUT2D eigenvalue weighted by atomic mass is 10.1. The average Bonchev–Trinajstić information content (AvgIpc) is 3.04. The molecule has 1 fully saturated rings. The van der Waals surface area contributed by atoms with E-state index in [0.717, 1.165) is 50.4 Å². The molecule has 23 heavy (non-hydrogen) atoms. The topological polar surface area (TPSA) is 87.5 Å². The van der Waals surface area contributed by atoms with Crippen LogP contribution in [0.25, 0.3) is 5.65 Å².